The minimum Gasteiger partial charge on any atom is -0.468 e. The van der Waals surface area contributed by atoms with E-state index in [0.717, 1.165) is 0 Å². The van der Waals surface area contributed by atoms with Crippen LogP contribution in [0, 0.1) is 5.41 Å². The Morgan fingerprint density at radius 3 is 2.33 bits per heavy atom. The van der Waals surface area contributed by atoms with Crippen molar-refractivity contribution in [1.29, 1.82) is 0 Å². The van der Waals surface area contributed by atoms with Crippen LogP contribution in [0.3, 0.4) is 0 Å². The Balaban J connectivity index is 2.60. The van der Waals surface area contributed by atoms with Crippen molar-refractivity contribution in [3.8, 4) is 0 Å². The number of aromatic nitrogens is 1. The fourth-order valence-corrected chi connectivity index (χ4v) is 2.09. The molecule has 1 aromatic heterocycles. The van der Waals surface area contributed by atoms with Crippen molar-refractivity contribution in [3.05, 3.63) is 24.4 Å². The smallest absolute Gasteiger partial charge is 0.325 e. The van der Waals surface area contributed by atoms with E-state index in [9.17, 15) is 14.4 Å². The molecule has 0 aliphatic carbocycles. The summed E-state index contributed by atoms with van der Waals surface area (Å²) in [6, 6.07) is 4.61. The Kier molecular flexibility index (Phi) is 7.16. The second kappa shape index (κ2) is 8.85. The van der Waals surface area contributed by atoms with E-state index in [1.165, 1.54) is 21.1 Å². The van der Waals surface area contributed by atoms with Gasteiger partial charge in [0.1, 0.15) is 5.82 Å². The van der Waals surface area contributed by atoms with Crippen LogP contribution in [-0.4, -0.2) is 49.6 Å². The third-order valence-electron chi connectivity index (χ3n) is 3.79. The van der Waals surface area contributed by atoms with E-state index in [0.29, 0.717) is 12.4 Å². The molecule has 1 atom stereocenters. The van der Waals surface area contributed by atoms with Crippen molar-refractivity contribution in [2.24, 2.45) is 5.41 Å². The number of rotatable bonds is 8. The normalized spacial score (nSPS) is 12.0. The molecule has 0 radical (unpaired) electrons. The van der Waals surface area contributed by atoms with Crippen molar-refractivity contribution in [2.45, 2.75) is 26.3 Å². The molecule has 1 unspecified atom stereocenters. The lowest BCUT2D eigenvalue weighted by Gasteiger charge is -2.30. The molecule has 1 aromatic rings. The van der Waals surface area contributed by atoms with Gasteiger partial charge in [-0.15, -0.1) is 0 Å². The highest BCUT2D eigenvalue weighted by Gasteiger charge is 2.49. The summed E-state index contributed by atoms with van der Waals surface area (Å²) in [5.41, 5.74) is -1.62. The molecule has 0 fully saturated rings. The standard InChI is InChI=1S/C16H23N3O5/c1-11(16(2,14(21)23-3)15(22)24-4)19-13(20)8-10-18-12-7-5-6-9-17-12/h5-7,9,11H,8,10H2,1-4H3,(H,17,18)(H,19,20). The topological polar surface area (TPSA) is 107 Å². The number of amides is 1. The zero-order chi connectivity index (χ0) is 18.2. The number of anilines is 1. The van der Waals surface area contributed by atoms with Crippen LogP contribution < -0.4 is 10.6 Å². The van der Waals surface area contributed by atoms with Gasteiger partial charge in [0.05, 0.1) is 20.3 Å². The van der Waals surface area contributed by atoms with Crippen molar-refractivity contribution < 1.29 is 23.9 Å². The molecule has 0 aromatic carbocycles. The third-order valence-corrected chi connectivity index (χ3v) is 3.79. The van der Waals surface area contributed by atoms with E-state index in [-0.39, 0.29) is 12.3 Å². The Bertz CT molecular complexity index is 560. The minimum absolute atomic E-state index is 0.152. The quantitative estimate of drug-likeness (QED) is 0.532. The highest BCUT2D eigenvalue weighted by Crippen LogP contribution is 2.25. The first-order valence-corrected chi connectivity index (χ1v) is 7.47. The molecule has 1 heterocycles. The van der Waals surface area contributed by atoms with Crippen molar-refractivity contribution in [3.63, 3.8) is 0 Å². The monoisotopic (exact) mass is 337 g/mol. The number of carbonyl (C=O) groups is 3. The van der Waals surface area contributed by atoms with Gasteiger partial charge in [-0.25, -0.2) is 4.98 Å². The van der Waals surface area contributed by atoms with Gasteiger partial charge in [0.15, 0.2) is 5.41 Å². The molecule has 0 bridgehead atoms. The number of nitrogens with one attached hydrogen (secondary N) is 2. The average Bonchev–Trinajstić information content (AvgIpc) is 2.60. The minimum atomic E-state index is -1.62. The first-order chi connectivity index (χ1) is 11.4. The van der Waals surface area contributed by atoms with Crippen LogP contribution in [-0.2, 0) is 23.9 Å². The summed E-state index contributed by atoms with van der Waals surface area (Å²) in [7, 11) is 2.35. The van der Waals surface area contributed by atoms with Gasteiger partial charge in [-0.3, -0.25) is 14.4 Å². The molecule has 2 N–H and O–H groups in total. The molecule has 0 aliphatic rings. The molecule has 24 heavy (non-hydrogen) atoms. The van der Waals surface area contributed by atoms with Crippen LogP contribution in [0.2, 0.25) is 0 Å². The second-order valence-electron chi connectivity index (χ2n) is 5.37. The van der Waals surface area contributed by atoms with Gasteiger partial charge < -0.3 is 20.1 Å². The SMILES string of the molecule is COC(=O)C(C)(C(=O)OC)C(C)NC(=O)CCNc1ccccn1. The highest BCUT2D eigenvalue weighted by molar-refractivity contribution is 6.01. The second-order valence-corrected chi connectivity index (χ2v) is 5.37. The maximum Gasteiger partial charge on any atom is 0.325 e. The molecule has 1 amide bonds. The van der Waals surface area contributed by atoms with Crippen molar-refractivity contribution >= 4 is 23.7 Å². The van der Waals surface area contributed by atoms with Gasteiger partial charge >= 0.3 is 11.9 Å². The average molecular weight is 337 g/mol. The molecule has 0 saturated carbocycles. The first kappa shape index (κ1) is 19.4. The molecule has 8 heteroatoms. The van der Waals surface area contributed by atoms with Gasteiger partial charge in [-0.1, -0.05) is 6.07 Å². The third kappa shape index (κ3) is 4.68. The maximum absolute atomic E-state index is 12.0. The number of pyridine rings is 1. The van der Waals surface area contributed by atoms with Crippen molar-refractivity contribution in [1.82, 2.24) is 10.3 Å². The van der Waals surface area contributed by atoms with E-state index in [1.807, 2.05) is 6.07 Å². The molecule has 0 aliphatic heterocycles. The lowest BCUT2D eigenvalue weighted by atomic mass is 9.83. The van der Waals surface area contributed by atoms with Crippen LogP contribution >= 0.6 is 0 Å². The Labute approximate surface area is 140 Å². The zero-order valence-corrected chi connectivity index (χ0v) is 14.3. The van der Waals surface area contributed by atoms with E-state index < -0.39 is 23.4 Å². The summed E-state index contributed by atoms with van der Waals surface area (Å²) >= 11 is 0. The number of hydrogen-bond donors (Lipinski definition) is 2. The zero-order valence-electron chi connectivity index (χ0n) is 14.3. The number of methoxy groups -OCH3 is 2. The summed E-state index contributed by atoms with van der Waals surface area (Å²) < 4.78 is 9.34. The fourth-order valence-electron chi connectivity index (χ4n) is 2.09. The Hall–Kier alpha value is -2.64. The lowest BCUT2D eigenvalue weighted by Crippen LogP contribution is -2.54. The van der Waals surface area contributed by atoms with E-state index in [2.05, 4.69) is 25.1 Å². The van der Waals surface area contributed by atoms with Crippen LogP contribution in [0.1, 0.15) is 20.3 Å². The van der Waals surface area contributed by atoms with E-state index in [4.69, 9.17) is 0 Å². The molecule has 8 nitrogen and oxygen atoms in total. The summed E-state index contributed by atoms with van der Waals surface area (Å²) in [6.07, 6.45) is 1.79. The van der Waals surface area contributed by atoms with Gasteiger partial charge in [0.25, 0.3) is 0 Å². The van der Waals surface area contributed by atoms with Crippen LogP contribution in [0.15, 0.2) is 24.4 Å². The van der Waals surface area contributed by atoms with E-state index in [1.54, 1.807) is 25.3 Å². The Morgan fingerprint density at radius 2 is 1.83 bits per heavy atom. The largest absolute Gasteiger partial charge is 0.468 e. The molecule has 1 rings (SSSR count). The van der Waals surface area contributed by atoms with Crippen LogP contribution in [0.4, 0.5) is 5.82 Å². The molecule has 0 saturated heterocycles. The lowest BCUT2D eigenvalue weighted by molar-refractivity contribution is -0.169. The van der Waals surface area contributed by atoms with Crippen LogP contribution in [0.5, 0.6) is 0 Å². The number of hydrogen-bond acceptors (Lipinski definition) is 7. The summed E-state index contributed by atoms with van der Waals surface area (Å²) in [5.74, 6) is -1.19. The molecule has 132 valence electrons. The highest BCUT2D eigenvalue weighted by atomic mass is 16.5. The number of esters is 2. The fraction of sp³-hybridized carbons (Fsp3) is 0.500. The predicted octanol–water partition coefficient (Wildman–Crippen LogP) is 0.741. The number of nitrogens with zero attached hydrogens (tertiary/aromatic N) is 1. The molecular weight excluding hydrogens is 314 g/mol. The van der Waals surface area contributed by atoms with Gasteiger partial charge in [0.2, 0.25) is 5.91 Å². The molecule has 0 spiro atoms. The number of ether oxygens (including phenoxy) is 2. The maximum atomic E-state index is 12.0. The predicted molar refractivity (Wildman–Crippen MR) is 87.1 cm³/mol. The van der Waals surface area contributed by atoms with Crippen molar-refractivity contribution in [2.75, 3.05) is 26.1 Å². The molecular formula is C16H23N3O5. The van der Waals surface area contributed by atoms with Crippen LogP contribution in [0.25, 0.3) is 0 Å². The van der Waals surface area contributed by atoms with Gasteiger partial charge in [-0.2, -0.15) is 0 Å². The summed E-state index contributed by atoms with van der Waals surface area (Å²) in [6.45, 7) is 3.29. The van der Waals surface area contributed by atoms with Gasteiger partial charge in [-0.05, 0) is 26.0 Å². The number of carbonyl (C=O) groups excluding carboxylic acids is 3. The van der Waals surface area contributed by atoms with E-state index >= 15 is 0 Å². The Morgan fingerprint density at radius 1 is 1.21 bits per heavy atom. The van der Waals surface area contributed by atoms with Gasteiger partial charge in [0, 0.05) is 19.2 Å². The summed E-state index contributed by atoms with van der Waals surface area (Å²) in [4.78, 5) is 40.0. The first-order valence-electron chi connectivity index (χ1n) is 7.47. The summed E-state index contributed by atoms with van der Waals surface area (Å²) in [5, 5.41) is 5.64.